The molecule has 0 spiro atoms. The Labute approximate surface area is 138 Å². The van der Waals surface area contributed by atoms with Crippen LogP contribution in [0.1, 0.15) is 46.1 Å². The van der Waals surface area contributed by atoms with Crippen molar-refractivity contribution in [2.24, 2.45) is 5.41 Å². The van der Waals surface area contributed by atoms with Gasteiger partial charge in [0.2, 0.25) is 5.91 Å². The Bertz CT molecular complexity index is 741. The summed E-state index contributed by atoms with van der Waals surface area (Å²) in [6.45, 7) is 6.08. The van der Waals surface area contributed by atoms with Crippen molar-refractivity contribution < 1.29 is 9.18 Å². The van der Waals surface area contributed by atoms with Crippen LogP contribution in [0.4, 0.5) is 10.2 Å². The molecule has 0 bridgehead atoms. The number of anilines is 1. The molecule has 22 heavy (non-hydrogen) atoms. The van der Waals surface area contributed by atoms with Gasteiger partial charge in [0.15, 0.2) is 0 Å². The van der Waals surface area contributed by atoms with E-state index in [-0.39, 0.29) is 17.1 Å². The number of carbonyl (C=O) groups is 1. The van der Waals surface area contributed by atoms with Crippen LogP contribution in [0.15, 0.2) is 22.7 Å². The van der Waals surface area contributed by atoms with Crippen molar-refractivity contribution >= 4 is 38.6 Å². The van der Waals surface area contributed by atoms with Gasteiger partial charge in [-0.05, 0) is 36.5 Å². The highest BCUT2D eigenvalue weighted by Gasteiger charge is 2.29. The molecule has 3 rings (SSSR count). The van der Waals surface area contributed by atoms with Crippen LogP contribution in [0.5, 0.6) is 0 Å². The largest absolute Gasteiger partial charge is 0.324 e. The van der Waals surface area contributed by atoms with Crippen LogP contribution in [0, 0.1) is 11.2 Å². The van der Waals surface area contributed by atoms with Gasteiger partial charge in [-0.15, -0.1) is 0 Å². The molecule has 118 valence electrons. The third-order valence-corrected chi connectivity index (χ3v) is 4.20. The molecule has 0 aliphatic heterocycles. The van der Waals surface area contributed by atoms with Crippen LogP contribution in [0.2, 0.25) is 0 Å². The molecule has 0 radical (unpaired) electrons. The van der Waals surface area contributed by atoms with E-state index in [2.05, 4.69) is 25.8 Å². The van der Waals surface area contributed by atoms with Gasteiger partial charge in [-0.3, -0.25) is 4.79 Å². The third-order valence-electron chi connectivity index (χ3n) is 3.74. The molecule has 1 aromatic heterocycles. The van der Waals surface area contributed by atoms with Crippen molar-refractivity contribution in [3.05, 3.63) is 28.5 Å². The van der Waals surface area contributed by atoms with Gasteiger partial charge in [0.05, 0.1) is 5.52 Å². The fraction of sp³-hybridized carbons (Fsp3) is 0.471. The lowest BCUT2D eigenvalue weighted by atomic mass is 9.92. The van der Waals surface area contributed by atoms with Gasteiger partial charge in [0.25, 0.3) is 0 Å². The van der Waals surface area contributed by atoms with Gasteiger partial charge in [0.1, 0.15) is 11.6 Å². The van der Waals surface area contributed by atoms with E-state index in [0.29, 0.717) is 28.1 Å². The van der Waals surface area contributed by atoms with Crippen LogP contribution in [-0.2, 0) is 4.79 Å². The molecule has 0 unspecified atom stereocenters. The third kappa shape index (κ3) is 3.19. The predicted octanol–water partition coefficient (Wildman–Crippen LogP) is 5.25. The average molecular weight is 367 g/mol. The van der Waals surface area contributed by atoms with E-state index in [1.54, 1.807) is 6.07 Å². The molecule has 1 aliphatic carbocycles. The summed E-state index contributed by atoms with van der Waals surface area (Å²) >= 11 is 3.35. The molecule has 3 nitrogen and oxygen atoms in total. The number of benzene rings is 1. The van der Waals surface area contributed by atoms with E-state index in [4.69, 9.17) is 0 Å². The first-order chi connectivity index (χ1) is 10.2. The van der Waals surface area contributed by atoms with Crippen LogP contribution in [0.3, 0.4) is 0 Å². The van der Waals surface area contributed by atoms with Gasteiger partial charge < -0.3 is 9.88 Å². The number of aromatic nitrogens is 1. The Kier molecular flexibility index (Phi) is 3.79. The van der Waals surface area contributed by atoms with Crippen LogP contribution in [0.25, 0.3) is 10.9 Å². The molecular weight excluding hydrogens is 347 g/mol. The number of hydrogen-bond donors (Lipinski definition) is 1. The average Bonchev–Trinajstić information content (AvgIpc) is 3.10. The quantitative estimate of drug-likeness (QED) is 0.790. The number of halogens is 2. The van der Waals surface area contributed by atoms with Gasteiger partial charge in [-0.25, -0.2) is 4.39 Å². The van der Waals surface area contributed by atoms with Crippen molar-refractivity contribution in [3.63, 3.8) is 0 Å². The predicted molar refractivity (Wildman–Crippen MR) is 90.6 cm³/mol. The Hall–Kier alpha value is -1.36. The number of nitrogens with one attached hydrogen (secondary N) is 1. The summed E-state index contributed by atoms with van der Waals surface area (Å²) in [5.74, 6) is 0.399. The zero-order valence-corrected chi connectivity index (χ0v) is 14.6. The van der Waals surface area contributed by atoms with Crippen molar-refractivity contribution in [2.75, 3.05) is 5.32 Å². The molecule has 1 N–H and O–H groups in total. The molecule has 1 aliphatic rings. The lowest BCUT2D eigenvalue weighted by Crippen LogP contribution is -2.21. The molecule has 5 heteroatoms. The monoisotopic (exact) mass is 366 g/mol. The van der Waals surface area contributed by atoms with Crippen molar-refractivity contribution in [3.8, 4) is 0 Å². The van der Waals surface area contributed by atoms with Gasteiger partial charge >= 0.3 is 0 Å². The summed E-state index contributed by atoms with van der Waals surface area (Å²) in [7, 11) is 0. The fourth-order valence-corrected chi connectivity index (χ4v) is 3.16. The minimum Gasteiger partial charge on any atom is -0.324 e. The van der Waals surface area contributed by atoms with Crippen molar-refractivity contribution in [1.82, 2.24) is 4.57 Å². The lowest BCUT2D eigenvalue weighted by molar-refractivity contribution is -0.117. The summed E-state index contributed by atoms with van der Waals surface area (Å²) in [6.07, 6.45) is 2.57. The summed E-state index contributed by atoms with van der Waals surface area (Å²) < 4.78 is 16.9. The summed E-state index contributed by atoms with van der Waals surface area (Å²) in [4.78, 5) is 12.2. The molecule has 1 heterocycles. The molecule has 1 saturated carbocycles. The summed E-state index contributed by atoms with van der Waals surface area (Å²) in [6, 6.07) is 5.48. The lowest BCUT2D eigenvalue weighted by Gasteiger charge is -2.18. The topological polar surface area (TPSA) is 34.0 Å². The van der Waals surface area contributed by atoms with E-state index in [0.717, 1.165) is 18.4 Å². The van der Waals surface area contributed by atoms with Crippen LogP contribution < -0.4 is 5.32 Å². The van der Waals surface area contributed by atoms with E-state index >= 15 is 0 Å². The minimum atomic E-state index is -0.268. The van der Waals surface area contributed by atoms with Crippen LogP contribution in [-0.4, -0.2) is 10.5 Å². The van der Waals surface area contributed by atoms with Gasteiger partial charge in [-0.2, -0.15) is 0 Å². The first-order valence-electron chi connectivity index (χ1n) is 7.54. The number of carbonyl (C=O) groups excluding carboxylic acids is 1. The Balaban J connectivity index is 2.00. The minimum absolute atomic E-state index is 0.0309. The van der Waals surface area contributed by atoms with E-state index in [1.807, 2.05) is 26.8 Å². The molecule has 2 aromatic rings. The smallest absolute Gasteiger partial charge is 0.226 e. The fourth-order valence-electron chi connectivity index (χ4n) is 2.74. The van der Waals surface area contributed by atoms with Gasteiger partial charge in [-0.1, -0.05) is 36.7 Å². The highest BCUT2D eigenvalue weighted by Crippen LogP contribution is 2.42. The normalized spacial score (nSPS) is 15.3. The maximum atomic E-state index is 14.2. The molecule has 0 atom stereocenters. The van der Waals surface area contributed by atoms with E-state index in [9.17, 15) is 9.18 Å². The molecule has 1 amide bonds. The Morgan fingerprint density at radius 2 is 2.05 bits per heavy atom. The molecule has 0 saturated heterocycles. The molecule has 1 aromatic carbocycles. The van der Waals surface area contributed by atoms with E-state index in [1.165, 1.54) is 6.07 Å². The standard InChI is InChI=1S/C17H20BrFN2O/c1-17(2,3)9-16(22)20-15-8-12-13(19)6-10(18)7-14(12)21(15)11-4-5-11/h6-8,11H,4-5,9H2,1-3H3,(H,20,22). The molecular formula is C17H20BrFN2O. The zero-order chi connectivity index (χ0) is 16.1. The second-order valence-electron chi connectivity index (χ2n) is 7.24. The highest BCUT2D eigenvalue weighted by molar-refractivity contribution is 9.10. The number of rotatable bonds is 3. The number of fused-ring (bicyclic) bond motifs is 1. The van der Waals surface area contributed by atoms with Gasteiger partial charge in [0, 0.05) is 22.3 Å². The number of nitrogens with zero attached hydrogens (tertiary/aromatic N) is 1. The second kappa shape index (κ2) is 5.37. The van der Waals surface area contributed by atoms with E-state index < -0.39 is 0 Å². The summed E-state index contributed by atoms with van der Waals surface area (Å²) in [5.41, 5.74) is 0.759. The first-order valence-corrected chi connectivity index (χ1v) is 8.34. The molecule has 1 fully saturated rings. The number of amides is 1. The number of hydrogen-bond acceptors (Lipinski definition) is 1. The van der Waals surface area contributed by atoms with Crippen molar-refractivity contribution in [1.29, 1.82) is 0 Å². The summed E-state index contributed by atoms with van der Waals surface area (Å²) in [5, 5.41) is 3.52. The first kappa shape index (κ1) is 15.5. The Morgan fingerprint density at radius 3 is 2.64 bits per heavy atom. The SMILES string of the molecule is CC(C)(C)CC(=O)Nc1cc2c(F)cc(Br)cc2n1C1CC1. The van der Waals surface area contributed by atoms with Crippen LogP contribution >= 0.6 is 15.9 Å². The maximum absolute atomic E-state index is 14.2. The zero-order valence-electron chi connectivity index (χ0n) is 13.0. The Morgan fingerprint density at radius 1 is 1.36 bits per heavy atom. The second-order valence-corrected chi connectivity index (χ2v) is 8.15. The highest BCUT2D eigenvalue weighted by atomic mass is 79.9. The maximum Gasteiger partial charge on any atom is 0.226 e. The van der Waals surface area contributed by atoms with Crippen molar-refractivity contribution in [2.45, 2.75) is 46.1 Å².